The van der Waals surface area contributed by atoms with Gasteiger partial charge in [-0.25, -0.2) is 4.39 Å². The van der Waals surface area contributed by atoms with Gasteiger partial charge in [0.2, 0.25) is 17.6 Å². The van der Waals surface area contributed by atoms with Crippen LogP contribution in [0.4, 0.5) is 4.39 Å². The number of nitrogens with zero attached hydrogens (tertiary/aromatic N) is 5. The molecule has 0 saturated carbocycles. The van der Waals surface area contributed by atoms with Crippen molar-refractivity contribution < 1.29 is 18.5 Å². The molecule has 174 valence electrons. The van der Waals surface area contributed by atoms with Gasteiger partial charge in [0.25, 0.3) is 5.91 Å². The van der Waals surface area contributed by atoms with E-state index < -0.39 is 0 Å². The zero-order chi connectivity index (χ0) is 23.4. The molecule has 33 heavy (non-hydrogen) atoms. The smallest absolute Gasteiger partial charge is 0.254 e. The van der Waals surface area contributed by atoms with E-state index >= 15 is 0 Å². The molecule has 1 aliphatic heterocycles. The van der Waals surface area contributed by atoms with Crippen molar-refractivity contribution in [2.24, 2.45) is 13.0 Å². The molecule has 0 aliphatic carbocycles. The second-order valence-electron chi connectivity index (χ2n) is 8.41. The fourth-order valence-electron chi connectivity index (χ4n) is 3.89. The first-order chi connectivity index (χ1) is 15.9. The highest BCUT2D eigenvalue weighted by atomic mass is 19.1. The zero-order valence-corrected chi connectivity index (χ0v) is 18.8. The summed E-state index contributed by atoms with van der Waals surface area (Å²) in [6, 6.07) is 4.64. The van der Waals surface area contributed by atoms with Crippen molar-refractivity contribution in [3.05, 3.63) is 53.4 Å². The van der Waals surface area contributed by atoms with E-state index in [0.717, 1.165) is 12.8 Å². The van der Waals surface area contributed by atoms with Crippen LogP contribution in [0.5, 0.6) is 0 Å². The maximum absolute atomic E-state index is 13.5. The average Bonchev–Trinajstić information content (AvgIpc) is 3.47. The molecular formula is C23H27FN6O3. The lowest BCUT2D eigenvalue weighted by Gasteiger charge is -2.32. The number of hydrogen-bond acceptors (Lipinski definition) is 6. The topological polar surface area (TPSA) is 106 Å². The van der Waals surface area contributed by atoms with Crippen LogP contribution in [-0.2, 0) is 18.3 Å². The van der Waals surface area contributed by atoms with E-state index in [-0.39, 0.29) is 24.1 Å². The standard InChI is InChI=1S/C23H27FN6O3/c1-15-11-17(3-4-19(15)24)22-27-20(33-28-22)5-6-21(31)30-9-7-16(8-10-30)12-25-23(32)18-13-26-29(2)14-18/h3-4,11,13-14,16H,5-10,12H2,1-2H3,(H,25,32). The lowest BCUT2D eigenvalue weighted by Crippen LogP contribution is -2.41. The number of carbonyl (C=O) groups excluding carboxylic acids is 2. The van der Waals surface area contributed by atoms with Crippen molar-refractivity contribution in [1.82, 2.24) is 30.1 Å². The summed E-state index contributed by atoms with van der Waals surface area (Å²) in [6.07, 6.45) is 5.55. The van der Waals surface area contributed by atoms with Crippen molar-refractivity contribution in [3.8, 4) is 11.4 Å². The number of nitrogens with one attached hydrogen (secondary N) is 1. The predicted molar refractivity (Wildman–Crippen MR) is 118 cm³/mol. The Morgan fingerprint density at radius 2 is 2.06 bits per heavy atom. The van der Waals surface area contributed by atoms with Gasteiger partial charge in [-0.1, -0.05) is 5.16 Å². The Morgan fingerprint density at radius 3 is 2.76 bits per heavy atom. The number of benzene rings is 1. The molecule has 0 bridgehead atoms. The number of carbonyl (C=O) groups is 2. The number of rotatable bonds is 7. The van der Waals surface area contributed by atoms with E-state index in [0.29, 0.717) is 60.4 Å². The minimum atomic E-state index is -0.285. The van der Waals surface area contributed by atoms with Crippen molar-refractivity contribution in [2.45, 2.75) is 32.6 Å². The number of amides is 2. The van der Waals surface area contributed by atoms with Gasteiger partial charge >= 0.3 is 0 Å². The van der Waals surface area contributed by atoms with E-state index in [2.05, 4.69) is 20.6 Å². The number of halogens is 1. The first-order valence-electron chi connectivity index (χ1n) is 11.0. The third-order valence-corrected chi connectivity index (χ3v) is 5.92. The second kappa shape index (κ2) is 9.93. The van der Waals surface area contributed by atoms with Gasteiger partial charge in [-0.2, -0.15) is 10.1 Å². The van der Waals surface area contributed by atoms with Crippen LogP contribution < -0.4 is 5.32 Å². The zero-order valence-electron chi connectivity index (χ0n) is 18.8. The third-order valence-electron chi connectivity index (χ3n) is 5.92. The van der Waals surface area contributed by atoms with Crippen LogP contribution in [0.1, 0.15) is 41.1 Å². The summed E-state index contributed by atoms with van der Waals surface area (Å²) < 4.78 is 20.3. The number of hydrogen-bond donors (Lipinski definition) is 1. The number of aryl methyl sites for hydroxylation is 3. The summed E-state index contributed by atoms with van der Waals surface area (Å²) in [5, 5.41) is 10.9. The van der Waals surface area contributed by atoms with Gasteiger partial charge in [-0.05, 0) is 49.4 Å². The molecule has 1 saturated heterocycles. The summed E-state index contributed by atoms with van der Waals surface area (Å²) >= 11 is 0. The Balaban J connectivity index is 1.20. The van der Waals surface area contributed by atoms with Crippen LogP contribution in [-0.4, -0.2) is 56.3 Å². The van der Waals surface area contributed by atoms with E-state index in [1.54, 1.807) is 43.2 Å². The van der Waals surface area contributed by atoms with Gasteiger partial charge < -0.3 is 14.7 Å². The maximum atomic E-state index is 13.5. The van der Waals surface area contributed by atoms with Crippen LogP contribution in [0.2, 0.25) is 0 Å². The molecule has 4 rings (SSSR count). The normalized spacial score (nSPS) is 14.5. The average molecular weight is 455 g/mol. The Bertz CT molecular complexity index is 1130. The SMILES string of the molecule is Cc1cc(-c2noc(CCC(=O)N3CCC(CNC(=O)c4cnn(C)c4)CC3)n2)ccc1F. The molecule has 3 aromatic rings. The van der Waals surface area contributed by atoms with Gasteiger partial charge in [0.15, 0.2) is 0 Å². The molecule has 3 heterocycles. The van der Waals surface area contributed by atoms with Gasteiger partial charge in [0.05, 0.1) is 11.8 Å². The molecule has 1 aromatic carbocycles. The van der Waals surface area contributed by atoms with Gasteiger partial charge in [-0.15, -0.1) is 0 Å². The minimum absolute atomic E-state index is 0.0465. The lowest BCUT2D eigenvalue weighted by atomic mass is 9.96. The van der Waals surface area contributed by atoms with E-state index in [1.165, 1.54) is 6.07 Å². The Labute approximate surface area is 191 Å². The molecule has 2 amide bonds. The summed E-state index contributed by atoms with van der Waals surface area (Å²) in [6.45, 7) is 3.59. The van der Waals surface area contributed by atoms with E-state index in [1.807, 2.05) is 4.90 Å². The van der Waals surface area contributed by atoms with Crippen LogP contribution in [0, 0.1) is 18.7 Å². The molecule has 0 atom stereocenters. The van der Waals surface area contributed by atoms with E-state index in [9.17, 15) is 14.0 Å². The summed E-state index contributed by atoms with van der Waals surface area (Å²) in [5.74, 6) is 0.740. The molecule has 1 aliphatic rings. The Kier molecular flexibility index (Phi) is 6.81. The highest BCUT2D eigenvalue weighted by molar-refractivity contribution is 5.93. The van der Waals surface area contributed by atoms with Crippen LogP contribution >= 0.6 is 0 Å². The fourth-order valence-corrected chi connectivity index (χ4v) is 3.89. The van der Waals surface area contributed by atoms with Crippen LogP contribution in [0.15, 0.2) is 35.1 Å². The van der Waals surface area contributed by atoms with Crippen molar-refractivity contribution >= 4 is 11.8 Å². The fraction of sp³-hybridized carbons (Fsp3) is 0.435. The molecular weight excluding hydrogens is 427 g/mol. The van der Waals surface area contributed by atoms with Crippen LogP contribution in [0.25, 0.3) is 11.4 Å². The first kappa shape index (κ1) is 22.6. The quantitative estimate of drug-likeness (QED) is 0.588. The minimum Gasteiger partial charge on any atom is -0.352 e. The second-order valence-corrected chi connectivity index (χ2v) is 8.41. The first-order valence-corrected chi connectivity index (χ1v) is 11.0. The largest absolute Gasteiger partial charge is 0.352 e. The molecule has 10 heteroatoms. The van der Waals surface area contributed by atoms with Crippen molar-refractivity contribution in [1.29, 1.82) is 0 Å². The molecule has 0 unspecified atom stereocenters. The van der Waals surface area contributed by atoms with Crippen molar-refractivity contribution in [2.75, 3.05) is 19.6 Å². The summed E-state index contributed by atoms with van der Waals surface area (Å²) in [4.78, 5) is 30.9. The monoisotopic (exact) mass is 454 g/mol. The summed E-state index contributed by atoms with van der Waals surface area (Å²) in [5.41, 5.74) is 1.73. The van der Waals surface area contributed by atoms with E-state index in [4.69, 9.17) is 4.52 Å². The Hall–Kier alpha value is -3.56. The molecule has 0 radical (unpaired) electrons. The van der Waals surface area contributed by atoms with Gasteiger partial charge in [-0.3, -0.25) is 14.3 Å². The number of aromatic nitrogens is 4. The summed E-state index contributed by atoms with van der Waals surface area (Å²) in [7, 11) is 1.77. The lowest BCUT2D eigenvalue weighted by molar-refractivity contribution is -0.132. The maximum Gasteiger partial charge on any atom is 0.254 e. The van der Waals surface area contributed by atoms with Gasteiger partial charge in [0.1, 0.15) is 5.82 Å². The van der Waals surface area contributed by atoms with Gasteiger partial charge in [0, 0.05) is 51.3 Å². The molecule has 0 spiro atoms. The number of likely N-dealkylation sites (tertiary alicyclic amines) is 1. The molecule has 1 N–H and O–H groups in total. The Morgan fingerprint density at radius 1 is 1.27 bits per heavy atom. The number of piperidine rings is 1. The highest BCUT2D eigenvalue weighted by Gasteiger charge is 2.24. The molecule has 9 nitrogen and oxygen atoms in total. The van der Waals surface area contributed by atoms with Crippen LogP contribution in [0.3, 0.4) is 0 Å². The predicted octanol–water partition coefficient (Wildman–Crippen LogP) is 2.52. The molecule has 2 aromatic heterocycles. The highest BCUT2D eigenvalue weighted by Crippen LogP contribution is 2.21. The molecule has 1 fully saturated rings. The third kappa shape index (κ3) is 5.63. The van der Waals surface area contributed by atoms with Crippen molar-refractivity contribution in [3.63, 3.8) is 0 Å².